The van der Waals surface area contributed by atoms with E-state index in [4.69, 9.17) is 77.4 Å². The average Bonchev–Trinajstić information content (AvgIpc) is 1.74. The summed E-state index contributed by atoms with van der Waals surface area (Å²) in [5, 5.41) is 104. The summed E-state index contributed by atoms with van der Waals surface area (Å²) in [6.45, 7) is 6.96. The predicted molar refractivity (Wildman–Crippen MR) is 586 cm³/mol. The maximum atomic E-state index is 11.5. The molecule has 0 radical (unpaired) electrons. The highest BCUT2D eigenvalue weighted by molar-refractivity contribution is 7.21. The number of thiophene rings is 6. The Morgan fingerprint density at radius 1 is 0.310 bits per heavy atom. The van der Waals surface area contributed by atoms with Crippen LogP contribution in [0.4, 0.5) is 0 Å². The lowest BCUT2D eigenvalue weighted by molar-refractivity contribution is -0.147. The Balaban J connectivity index is 0.000000131. The van der Waals surface area contributed by atoms with Gasteiger partial charge in [0, 0.05) is 190 Å². The molecule has 0 atom stereocenters. The molecule has 0 fully saturated rings. The summed E-state index contributed by atoms with van der Waals surface area (Å²) in [6, 6.07) is 82.2. The van der Waals surface area contributed by atoms with E-state index < -0.39 is 46.6 Å². The van der Waals surface area contributed by atoms with Gasteiger partial charge in [-0.25, -0.2) is 0 Å². The van der Waals surface area contributed by atoms with Gasteiger partial charge in [0.25, 0.3) is 0 Å². The fourth-order valence-electron chi connectivity index (χ4n) is 16.5. The first kappa shape index (κ1) is 104. The fourth-order valence-corrected chi connectivity index (χ4v) is 24.8. The van der Waals surface area contributed by atoms with Crippen molar-refractivity contribution in [2.24, 2.45) is 10.8 Å². The standard InChI is InChI=1S/C23H18N2O2S.C21H14N2O2S.C19H16N2O2S.2C18H14Cl2O2S.C16H10N2O2S/c1-23(2,22(26)27)10-16-9-15-12-25-13-20(21(15)28-16)19-8-7-14(11-24)17-5-3-4-6-18(17)19;22-10-13-5-7-17(16-4-2-1-3-15(13)16)19-11-23-12-20-18(19)9-14(26-20)6-8-21(24)25;1-19(2,18(22)23)8-15-7-14-10-21-11-16(17(14)24-15)13-5-3-12(9-20)4-6-13;19-15-4-2-5-16(20)14(15)9-11-3-1-6-17-13(11)10-12(23-17)7-8-18(21)22;19-15-5-2-6-16(20)14(15)10-12-4-1-3-11-9-13(23-18(11)12)7-8-17(21)22;17-7-10-1-3-11(4-2-10)14-9-18-8-12-5-13(6-15(19)20)21-16(12)14/h3-9,12-13H,10H2,1-2H3,(H,26,27);1-5,7,9,11-12H,6,8H2,(H,24,25);3-7,10-11H,8H2,1-2H3,(H,22,23);1-6,10H,7-9H2,(H,21,22);1-6,9H,7-8,10H2,(H,21,22);1-5,8-9H,6H2,(H,19,20). The van der Waals surface area contributed by atoms with Gasteiger partial charge >= 0.3 is 35.8 Å². The second-order valence-electron chi connectivity index (χ2n) is 35.1. The van der Waals surface area contributed by atoms with Gasteiger partial charge in [0.2, 0.25) is 0 Å². The number of hydrogen-bond donors (Lipinski definition) is 6. The van der Waals surface area contributed by atoms with Gasteiger partial charge in [-0.2, -0.15) is 21.0 Å². The first-order valence-corrected chi connectivity index (χ1v) is 51.7. The van der Waals surface area contributed by atoms with Gasteiger partial charge in [0.05, 0.1) is 87.7 Å². The topological polar surface area (TPSA) is 371 Å². The van der Waals surface area contributed by atoms with Gasteiger partial charge in [-0.05, 0) is 229 Å². The molecule has 20 rings (SSSR count). The minimum atomic E-state index is -0.838. The Hall–Kier alpha value is -15.0. The van der Waals surface area contributed by atoms with Crippen molar-refractivity contribution >= 4 is 232 Å². The number of pyridine rings is 4. The van der Waals surface area contributed by atoms with Crippen LogP contribution in [0, 0.1) is 56.2 Å². The van der Waals surface area contributed by atoms with Crippen LogP contribution in [0.3, 0.4) is 0 Å². The maximum absolute atomic E-state index is 11.5. The number of aryl methyl sites for hydroxylation is 3. The van der Waals surface area contributed by atoms with Crippen molar-refractivity contribution in [1.29, 1.82) is 21.0 Å². The molecular formula is C115H86Cl4N8O12S6. The van der Waals surface area contributed by atoms with Crippen LogP contribution in [0.1, 0.15) is 121 Å². The van der Waals surface area contributed by atoms with Crippen LogP contribution < -0.4 is 0 Å². The van der Waals surface area contributed by atoms with Gasteiger partial charge < -0.3 is 30.6 Å². The number of fused-ring (bicyclic) bond motifs is 8. The summed E-state index contributed by atoms with van der Waals surface area (Å²) in [5.41, 5.74) is 13.0. The zero-order valence-electron chi connectivity index (χ0n) is 78.0. The number of halogens is 4. The van der Waals surface area contributed by atoms with Crippen LogP contribution in [0.15, 0.2) is 280 Å². The van der Waals surface area contributed by atoms with Crippen LogP contribution in [0.25, 0.3) is 127 Å². The van der Waals surface area contributed by atoms with E-state index in [2.05, 4.69) is 80.6 Å². The molecule has 0 aliphatic rings. The maximum Gasteiger partial charge on any atom is 0.309 e. The van der Waals surface area contributed by atoms with Crippen molar-refractivity contribution in [3.63, 3.8) is 0 Å². The van der Waals surface area contributed by atoms with E-state index in [1.165, 1.54) is 16.0 Å². The van der Waals surface area contributed by atoms with Gasteiger partial charge in [-0.1, -0.05) is 174 Å². The van der Waals surface area contributed by atoms with E-state index in [1.807, 2.05) is 201 Å². The molecule has 10 aromatic heterocycles. The lowest BCUT2D eigenvalue weighted by Gasteiger charge is -2.17. The molecule has 0 saturated heterocycles. The van der Waals surface area contributed by atoms with Crippen molar-refractivity contribution in [1.82, 2.24) is 19.9 Å². The van der Waals surface area contributed by atoms with Crippen LogP contribution >= 0.6 is 114 Å². The predicted octanol–water partition coefficient (Wildman–Crippen LogP) is 30.2. The highest BCUT2D eigenvalue weighted by atomic mass is 35.5. The minimum absolute atomic E-state index is 0.0200. The summed E-state index contributed by atoms with van der Waals surface area (Å²) >= 11 is 34.7. The zero-order valence-corrected chi connectivity index (χ0v) is 85.9. The Bertz CT molecular complexity index is 8370. The second kappa shape index (κ2) is 47.0. The lowest BCUT2D eigenvalue weighted by Crippen LogP contribution is -2.25. The molecule has 10 heterocycles. The largest absolute Gasteiger partial charge is 0.481 e. The van der Waals surface area contributed by atoms with E-state index in [0.29, 0.717) is 87.3 Å². The molecule has 6 N–H and O–H groups in total. The van der Waals surface area contributed by atoms with Crippen molar-refractivity contribution in [2.75, 3.05) is 0 Å². The Morgan fingerprint density at radius 2 is 0.683 bits per heavy atom. The Kier molecular flexibility index (Phi) is 33.9. The van der Waals surface area contributed by atoms with Crippen LogP contribution in [0.5, 0.6) is 0 Å². The highest BCUT2D eigenvalue weighted by Gasteiger charge is 2.31. The molecule has 30 heteroatoms. The summed E-state index contributed by atoms with van der Waals surface area (Å²) in [6.07, 6.45) is 18.8. The third-order valence-electron chi connectivity index (χ3n) is 23.9. The van der Waals surface area contributed by atoms with E-state index in [9.17, 15) is 49.5 Å². The molecule has 20 nitrogen and oxygen atoms in total. The summed E-state index contributed by atoms with van der Waals surface area (Å²) < 4.78 is 6.56. The number of rotatable bonds is 25. The smallest absolute Gasteiger partial charge is 0.309 e. The van der Waals surface area contributed by atoms with Crippen molar-refractivity contribution < 1.29 is 59.4 Å². The molecule has 0 bridgehead atoms. The average molecular weight is 2110 g/mol. The van der Waals surface area contributed by atoms with Gasteiger partial charge in [0.1, 0.15) is 0 Å². The minimum Gasteiger partial charge on any atom is -0.481 e. The quantitative estimate of drug-likeness (QED) is 0.0309. The summed E-state index contributed by atoms with van der Waals surface area (Å²) in [4.78, 5) is 89.4. The molecule has 0 aliphatic heterocycles. The van der Waals surface area contributed by atoms with Crippen molar-refractivity contribution in [2.45, 2.75) is 98.3 Å². The molecule has 0 spiro atoms. The van der Waals surface area contributed by atoms with E-state index in [-0.39, 0.29) is 25.7 Å². The molecule has 0 unspecified atom stereocenters. The zero-order chi connectivity index (χ0) is 103. The summed E-state index contributed by atoms with van der Waals surface area (Å²) in [7, 11) is 0. The molecule has 722 valence electrons. The Morgan fingerprint density at radius 3 is 1.14 bits per heavy atom. The first-order valence-electron chi connectivity index (χ1n) is 45.3. The number of carboxylic acids is 6. The number of benzene rings is 10. The number of carboxylic acid groups (broad SMARTS) is 6. The van der Waals surface area contributed by atoms with Gasteiger partial charge in [-0.3, -0.25) is 48.7 Å². The molecular weight excluding hydrogens is 2020 g/mol. The molecule has 0 aliphatic carbocycles. The third-order valence-corrected chi connectivity index (χ3v) is 32.5. The van der Waals surface area contributed by atoms with Gasteiger partial charge in [0.15, 0.2) is 0 Å². The number of aliphatic carboxylic acids is 6. The fraction of sp³-hybridized carbons (Fsp3) is 0.148. The van der Waals surface area contributed by atoms with Crippen molar-refractivity contribution in [3.8, 4) is 68.8 Å². The first-order chi connectivity index (χ1) is 69.7. The number of nitriles is 4. The van der Waals surface area contributed by atoms with Crippen LogP contribution in [-0.4, -0.2) is 86.4 Å². The SMILES string of the molecule is CC(C)(Cc1cc2cncc(-c3ccc(C#N)c4ccccc34)c2s1)C(=O)O.CC(C)(Cc1cc2cncc(-c3ccc(C#N)cc3)c2s1)C(=O)O.N#Cc1ccc(-c2cncc3cc(CC(=O)O)sc23)cc1.N#Cc1ccc(-c2cncc3sc(CCC(=O)O)cc23)c2ccccc12.O=C(O)CCc1cc2c(Cc3c(Cl)cccc3Cl)cccc2s1.O=C(O)CCc1cc2cccc(Cc3c(Cl)cccc3Cl)c2s1. The van der Waals surface area contributed by atoms with E-state index in [0.717, 1.165) is 173 Å². The van der Waals surface area contributed by atoms with Crippen LogP contribution in [0.2, 0.25) is 20.1 Å². The normalized spacial score (nSPS) is 11.1. The summed E-state index contributed by atoms with van der Waals surface area (Å²) in [5.74, 6) is -4.78. The van der Waals surface area contributed by atoms with E-state index in [1.54, 1.807) is 127 Å². The van der Waals surface area contributed by atoms with Gasteiger partial charge in [-0.15, -0.1) is 68.0 Å². The monoisotopic (exact) mass is 2100 g/mol. The number of hydrogen-bond acceptors (Lipinski definition) is 20. The van der Waals surface area contributed by atoms with Crippen LogP contribution in [-0.2, 0) is 80.1 Å². The molecule has 20 aromatic rings. The van der Waals surface area contributed by atoms with Crippen molar-refractivity contribution in [3.05, 3.63) is 374 Å². The molecule has 145 heavy (non-hydrogen) atoms. The molecule has 10 aromatic carbocycles. The third kappa shape index (κ3) is 25.4. The highest BCUT2D eigenvalue weighted by Crippen LogP contribution is 2.45. The molecule has 0 amide bonds. The second-order valence-corrected chi connectivity index (χ2v) is 43.6. The number of carbonyl (C=O) groups is 6. The lowest BCUT2D eigenvalue weighted by atomic mass is 9.89. The Labute approximate surface area is 877 Å². The number of nitrogens with zero attached hydrogens (tertiary/aromatic N) is 8. The molecule has 0 saturated carbocycles. The van der Waals surface area contributed by atoms with E-state index >= 15 is 0 Å². The number of aromatic nitrogens is 4.